The molecule has 0 aliphatic heterocycles. The van der Waals surface area contributed by atoms with Crippen LogP contribution in [0.4, 0.5) is 0 Å². The number of hydrogen-bond donors (Lipinski definition) is 0. The Labute approximate surface area is 95.4 Å². The molecule has 1 aromatic heterocycles. The molecular weight excluding hydrogens is 204 g/mol. The Bertz CT molecular complexity index is 367. The third-order valence-corrected chi connectivity index (χ3v) is 2.94. The summed E-state index contributed by atoms with van der Waals surface area (Å²) < 4.78 is 5.09. The van der Waals surface area contributed by atoms with E-state index in [4.69, 9.17) is 4.52 Å². The molecule has 1 heterocycles. The molecular formula is C12H18N2O2. The van der Waals surface area contributed by atoms with E-state index < -0.39 is 0 Å². The van der Waals surface area contributed by atoms with Crippen LogP contribution in [0, 0.1) is 5.92 Å². The van der Waals surface area contributed by atoms with E-state index in [2.05, 4.69) is 10.1 Å². The number of rotatable bonds is 5. The lowest BCUT2D eigenvalue weighted by Gasteiger charge is -2.20. The van der Waals surface area contributed by atoms with E-state index >= 15 is 0 Å². The average molecular weight is 222 g/mol. The number of carbonyl (C=O) groups excluding carboxylic acids is 1. The van der Waals surface area contributed by atoms with Gasteiger partial charge in [0.25, 0.3) is 0 Å². The summed E-state index contributed by atoms with van der Waals surface area (Å²) in [7, 11) is 0. The fraction of sp³-hybridized carbons (Fsp3) is 0.750. The van der Waals surface area contributed by atoms with Gasteiger partial charge >= 0.3 is 0 Å². The fourth-order valence-electron chi connectivity index (χ4n) is 1.87. The highest BCUT2D eigenvalue weighted by Crippen LogP contribution is 2.34. The minimum atomic E-state index is 0.179. The highest BCUT2D eigenvalue weighted by molar-refractivity contribution is 5.80. The number of ketones is 1. The van der Waals surface area contributed by atoms with Crippen molar-refractivity contribution < 1.29 is 9.32 Å². The molecule has 0 saturated heterocycles. The number of Topliss-reactive ketones (excluding diaryl/α,β-unsaturated/α-hetero) is 1. The van der Waals surface area contributed by atoms with Gasteiger partial charge < -0.3 is 4.52 Å². The van der Waals surface area contributed by atoms with Crippen LogP contribution in [0.15, 0.2) is 4.52 Å². The molecule has 1 aromatic rings. The molecule has 0 spiro atoms. The Morgan fingerprint density at radius 1 is 1.50 bits per heavy atom. The van der Waals surface area contributed by atoms with Gasteiger partial charge in [0.1, 0.15) is 5.78 Å². The van der Waals surface area contributed by atoms with Crippen molar-refractivity contribution >= 4 is 5.78 Å². The molecule has 0 unspecified atom stereocenters. The van der Waals surface area contributed by atoms with E-state index in [1.807, 2.05) is 13.8 Å². The number of aromatic nitrogens is 2. The zero-order chi connectivity index (χ0) is 11.5. The summed E-state index contributed by atoms with van der Waals surface area (Å²) in [5, 5.41) is 3.93. The van der Waals surface area contributed by atoms with Crippen LogP contribution in [0.5, 0.6) is 0 Å². The number of carbonyl (C=O) groups is 1. The maximum Gasteiger partial charge on any atom is 0.234 e. The fourth-order valence-corrected chi connectivity index (χ4v) is 1.87. The van der Waals surface area contributed by atoms with Crippen molar-refractivity contribution in [2.45, 2.75) is 51.9 Å². The van der Waals surface area contributed by atoms with Crippen molar-refractivity contribution in [3.63, 3.8) is 0 Å². The number of hydrogen-bond acceptors (Lipinski definition) is 4. The van der Waals surface area contributed by atoms with Gasteiger partial charge in [-0.2, -0.15) is 4.98 Å². The summed E-state index contributed by atoms with van der Waals surface area (Å²) in [5.41, 5.74) is 0. The predicted octanol–water partition coefficient (Wildman–Crippen LogP) is 2.49. The van der Waals surface area contributed by atoms with Gasteiger partial charge in [-0.25, -0.2) is 0 Å². The zero-order valence-electron chi connectivity index (χ0n) is 9.90. The molecule has 0 radical (unpaired) electrons. The second-order valence-electron chi connectivity index (χ2n) is 4.99. The van der Waals surface area contributed by atoms with Crippen molar-refractivity contribution in [1.82, 2.24) is 10.1 Å². The van der Waals surface area contributed by atoms with E-state index in [0.29, 0.717) is 24.1 Å². The average Bonchev–Trinajstić information content (AvgIpc) is 2.47. The molecule has 2 rings (SSSR count). The summed E-state index contributed by atoms with van der Waals surface area (Å²) in [6.07, 6.45) is 4.43. The van der Waals surface area contributed by atoms with Gasteiger partial charge in [-0.3, -0.25) is 4.79 Å². The van der Waals surface area contributed by atoms with Crippen molar-refractivity contribution in [2.75, 3.05) is 0 Å². The quantitative estimate of drug-likeness (QED) is 0.768. The minimum Gasteiger partial charge on any atom is -0.339 e. The SMILES string of the molecule is CC(C)CC(=O)Cc1nc(C2CCC2)no1. The minimum absolute atomic E-state index is 0.179. The smallest absolute Gasteiger partial charge is 0.234 e. The highest BCUT2D eigenvalue weighted by Gasteiger charge is 2.25. The van der Waals surface area contributed by atoms with E-state index in [9.17, 15) is 4.79 Å². The van der Waals surface area contributed by atoms with Crippen LogP contribution < -0.4 is 0 Å². The summed E-state index contributed by atoms with van der Waals surface area (Å²) in [6, 6.07) is 0. The Kier molecular flexibility index (Phi) is 3.36. The van der Waals surface area contributed by atoms with Gasteiger partial charge in [0.2, 0.25) is 5.89 Å². The van der Waals surface area contributed by atoms with E-state index in [0.717, 1.165) is 18.7 Å². The van der Waals surface area contributed by atoms with Crippen LogP contribution in [-0.4, -0.2) is 15.9 Å². The van der Waals surface area contributed by atoms with Crippen LogP contribution in [0.3, 0.4) is 0 Å². The molecule has 0 N–H and O–H groups in total. The highest BCUT2D eigenvalue weighted by atomic mass is 16.5. The first-order valence-electron chi connectivity index (χ1n) is 5.99. The molecule has 16 heavy (non-hydrogen) atoms. The summed E-state index contributed by atoms with van der Waals surface area (Å²) in [5.74, 6) is 2.31. The standard InChI is InChI=1S/C12H18N2O2/c1-8(2)6-10(15)7-11-13-12(14-16-11)9-4-3-5-9/h8-9H,3-7H2,1-2H3. The molecule has 1 aliphatic rings. The Hall–Kier alpha value is -1.19. The van der Waals surface area contributed by atoms with E-state index in [-0.39, 0.29) is 12.2 Å². The molecule has 1 fully saturated rings. The largest absolute Gasteiger partial charge is 0.339 e. The van der Waals surface area contributed by atoms with Gasteiger partial charge in [0, 0.05) is 12.3 Å². The van der Waals surface area contributed by atoms with Crippen LogP contribution >= 0.6 is 0 Å². The maximum atomic E-state index is 11.6. The molecule has 4 nitrogen and oxygen atoms in total. The molecule has 4 heteroatoms. The molecule has 88 valence electrons. The van der Waals surface area contributed by atoms with Crippen LogP contribution in [0.25, 0.3) is 0 Å². The van der Waals surface area contributed by atoms with Crippen molar-refractivity contribution in [1.29, 1.82) is 0 Å². The summed E-state index contributed by atoms with van der Waals surface area (Å²) >= 11 is 0. The maximum absolute atomic E-state index is 11.6. The molecule has 0 amide bonds. The first-order valence-corrected chi connectivity index (χ1v) is 5.99. The molecule has 1 aliphatic carbocycles. The van der Waals surface area contributed by atoms with Gasteiger partial charge in [-0.15, -0.1) is 0 Å². The topological polar surface area (TPSA) is 56.0 Å². The Morgan fingerprint density at radius 2 is 2.25 bits per heavy atom. The van der Waals surface area contributed by atoms with Gasteiger partial charge in [-0.05, 0) is 18.8 Å². The second kappa shape index (κ2) is 4.76. The Balaban J connectivity index is 1.89. The third-order valence-electron chi connectivity index (χ3n) is 2.94. The first-order chi connectivity index (χ1) is 7.65. The third kappa shape index (κ3) is 2.68. The van der Waals surface area contributed by atoms with Crippen LogP contribution in [-0.2, 0) is 11.2 Å². The van der Waals surface area contributed by atoms with Crippen LogP contribution in [0.1, 0.15) is 57.2 Å². The summed E-state index contributed by atoms with van der Waals surface area (Å²) in [6.45, 7) is 4.07. The van der Waals surface area contributed by atoms with E-state index in [1.165, 1.54) is 6.42 Å². The van der Waals surface area contributed by atoms with Gasteiger partial charge in [0.15, 0.2) is 5.82 Å². The molecule has 0 atom stereocenters. The van der Waals surface area contributed by atoms with Crippen molar-refractivity contribution in [2.24, 2.45) is 5.92 Å². The molecule has 0 bridgehead atoms. The normalized spacial score (nSPS) is 16.4. The lowest BCUT2D eigenvalue weighted by molar-refractivity contribution is -0.119. The lowest BCUT2D eigenvalue weighted by atomic mass is 9.85. The van der Waals surface area contributed by atoms with Gasteiger partial charge in [-0.1, -0.05) is 25.4 Å². The Morgan fingerprint density at radius 3 is 2.81 bits per heavy atom. The van der Waals surface area contributed by atoms with Crippen molar-refractivity contribution in [3.05, 3.63) is 11.7 Å². The van der Waals surface area contributed by atoms with E-state index in [1.54, 1.807) is 0 Å². The van der Waals surface area contributed by atoms with Crippen molar-refractivity contribution in [3.8, 4) is 0 Å². The molecule has 1 saturated carbocycles. The number of nitrogens with zero attached hydrogens (tertiary/aromatic N) is 2. The monoisotopic (exact) mass is 222 g/mol. The zero-order valence-corrected chi connectivity index (χ0v) is 9.90. The molecule has 0 aromatic carbocycles. The van der Waals surface area contributed by atoms with Gasteiger partial charge in [0.05, 0.1) is 6.42 Å². The lowest BCUT2D eigenvalue weighted by Crippen LogP contribution is -2.11. The summed E-state index contributed by atoms with van der Waals surface area (Å²) in [4.78, 5) is 15.8. The predicted molar refractivity (Wildman–Crippen MR) is 59.1 cm³/mol. The van der Waals surface area contributed by atoms with Crippen LogP contribution in [0.2, 0.25) is 0 Å². The first kappa shape index (κ1) is 11.3. The second-order valence-corrected chi connectivity index (χ2v) is 4.99.